The minimum Gasteiger partial charge on any atom is -0.497 e. The minimum atomic E-state index is -0.266. The summed E-state index contributed by atoms with van der Waals surface area (Å²) in [4.78, 5) is 12.3. The standard InChI is InChI=1S/C19H16N4O2/c1-25-15-9-7-14(8-10-15)16-11-18-19(24)21-20-17(12-23(18)22-16)13-5-3-2-4-6-13/h2-11H,12H2,1H3,(H,21,24). The van der Waals surface area contributed by atoms with E-state index in [1.165, 1.54) is 0 Å². The summed E-state index contributed by atoms with van der Waals surface area (Å²) in [6.07, 6.45) is 0. The van der Waals surface area contributed by atoms with Crippen LogP contribution in [-0.4, -0.2) is 28.5 Å². The molecule has 0 spiro atoms. The first-order valence-electron chi connectivity index (χ1n) is 7.89. The van der Waals surface area contributed by atoms with Gasteiger partial charge in [-0.1, -0.05) is 30.3 Å². The Hall–Kier alpha value is -3.41. The largest absolute Gasteiger partial charge is 0.497 e. The van der Waals surface area contributed by atoms with E-state index >= 15 is 0 Å². The Balaban J connectivity index is 1.70. The summed E-state index contributed by atoms with van der Waals surface area (Å²) in [5.74, 6) is 0.513. The highest BCUT2D eigenvalue weighted by molar-refractivity contribution is 6.04. The topological polar surface area (TPSA) is 68.5 Å². The Morgan fingerprint density at radius 3 is 2.52 bits per heavy atom. The molecule has 3 aromatic rings. The van der Waals surface area contributed by atoms with Crippen molar-refractivity contribution in [2.24, 2.45) is 5.10 Å². The van der Waals surface area contributed by atoms with Crippen LogP contribution in [0.2, 0.25) is 0 Å². The van der Waals surface area contributed by atoms with Crippen molar-refractivity contribution in [1.82, 2.24) is 15.2 Å². The summed E-state index contributed by atoms with van der Waals surface area (Å²) in [7, 11) is 1.63. The summed E-state index contributed by atoms with van der Waals surface area (Å²) >= 11 is 0. The van der Waals surface area contributed by atoms with E-state index in [4.69, 9.17) is 4.74 Å². The number of hydrogen-bond acceptors (Lipinski definition) is 4. The van der Waals surface area contributed by atoms with Gasteiger partial charge in [0.1, 0.15) is 11.4 Å². The molecule has 2 heterocycles. The molecular formula is C19H16N4O2. The van der Waals surface area contributed by atoms with Crippen molar-refractivity contribution in [1.29, 1.82) is 0 Å². The molecule has 0 bridgehead atoms. The van der Waals surface area contributed by atoms with Gasteiger partial charge in [0.2, 0.25) is 0 Å². The van der Waals surface area contributed by atoms with Gasteiger partial charge in [0.15, 0.2) is 0 Å². The monoisotopic (exact) mass is 332 g/mol. The van der Waals surface area contributed by atoms with E-state index in [0.717, 1.165) is 28.3 Å². The molecule has 0 saturated heterocycles. The fourth-order valence-corrected chi connectivity index (χ4v) is 2.76. The van der Waals surface area contributed by atoms with E-state index in [2.05, 4.69) is 15.6 Å². The second-order valence-corrected chi connectivity index (χ2v) is 5.67. The lowest BCUT2D eigenvalue weighted by atomic mass is 10.1. The average molecular weight is 332 g/mol. The van der Waals surface area contributed by atoms with Crippen molar-refractivity contribution in [2.45, 2.75) is 6.54 Å². The maximum atomic E-state index is 12.3. The molecule has 2 aromatic carbocycles. The molecule has 0 aliphatic carbocycles. The molecule has 4 rings (SSSR count). The quantitative estimate of drug-likeness (QED) is 0.802. The van der Waals surface area contributed by atoms with Gasteiger partial charge >= 0.3 is 0 Å². The van der Waals surface area contributed by atoms with Crippen LogP contribution in [0.3, 0.4) is 0 Å². The third-order valence-corrected chi connectivity index (χ3v) is 4.10. The molecule has 1 aromatic heterocycles. The highest BCUT2D eigenvalue weighted by Crippen LogP contribution is 2.23. The molecule has 0 atom stereocenters. The van der Waals surface area contributed by atoms with Crippen molar-refractivity contribution in [3.05, 3.63) is 71.9 Å². The smallest absolute Gasteiger partial charge is 0.289 e. The Kier molecular flexibility index (Phi) is 3.78. The van der Waals surface area contributed by atoms with Crippen LogP contribution in [0.5, 0.6) is 5.75 Å². The number of methoxy groups -OCH3 is 1. The van der Waals surface area contributed by atoms with Gasteiger partial charge < -0.3 is 4.74 Å². The summed E-state index contributed by atoms with van der Waals surface area (Å²) < 4.78 is 6.87. The molecule has 0 saturated carbocycles. The van der Waals surface area contributed by atoms with Crippen LogP contribution in [-0.2, 0) is 6.54 Å². The van der Waals surface area contributed by atoms with Gasteiger partial charge in [0.25, 0.3) is 5.91 Å². The zero-order chi connectivity index (χ0) is 17.2. The number of hydrazone groups is 1. The number of benzene rings is 2. The molecule has 25 heavy (non-hydrogen) atoms. The SMILES string of the molecule is COc1ccc(-c2cc3n(n2)CC(c2ccccc2)=NNC3=O)cc1. The number of amides is 1. The van der Waals surface area contributed by atoms with E-state index in [1.54, 1.807) is 17.9 Å². The predicted octanol–water partition coefficient (Wildman–Crippen LogP) is 2.71. The van der Waals surface area contributed by atoms with Crippen LogP contribution in [0, 0.1) is 0 Å². The summed E-state index contributed by atoms with van der Waals surface area (Å²) in [6.45, 7) is 0.425. The maximum Gasteiger partial charge on any atom is 0.289 e. The van der Waals surface area contributed by atoms with Gasteiger partial charge in [-0.3, -0.25) is 9.48 Å². The van der Waals surface area contributed by atoms with E-state index in [1.807, 2.05) is 54.6 Å². The zero-order valence-corrected chi connectivity index (χ0v) is 13.6. The van der Waals surface area contributed by atoms with Crippen molar-refractivity contribution >= 4 is 11.6 Å². The first kappa shape index (κ1) is 15.1. The van der Waals surface area contributed by atoms with Gasteiger partial charge in [0.05, 0.1) is 25.1 Å². The van der Waals surface area contributed by atoms with E-state index in [9.17, 15) is 4.79 Å². The molecule has 1 amide bonds. The molecule has 6 nitrogen and oxygen atoms in total. The molecule has 0 fully saturated rings. The number of ether oxygens (including phenoxy) is 1. The first-order valence-corrected chi connectivity index (χ1v) is 7.89. The predicted molar refractivity (Wildman–Crippen MR) is 94.7 cm³/mol. The number of carbonyl (C=O) groups excluding carboxylic acids is 1. The number of rotatable bonds is 3. The van der Waals surface area contributed by atoms with Gasteiger partial charge in [-0.25, -0.2) is 5.43 Å². The van der Waals surface area contributed by atoms with Crippen molar-refractivity contribution in [3.63, 3.8) is 0 Å². The van der Waals surface area contributed by atoms with Crippen molar-refractivity contribution in [2.75, 3.05) is 7.11 Å². The summed E-state index contributed by atoms with van der Waals surface area (Å²) in [5.41, 5.74) is 6.47. The second-order valence-electron chi connectivity index (χ2n) is 5.67. The molecule has 0 unspecified atom stereocenters. The van der Waals surface area contributed by atoms with E-state index in [-0.39, 0.29) is 5.91 Å². The lowest BCUT2D eigenvalue weighted by Crippen LogP contribution is -2.18. The third-order valence-electron chi connectivity index (χ3n) is 4.10. The Morgan fingerprint density at radius 2 is 1.80 bits per heavy atom. The number of hydrogen-bond donors (Lipinski definition) is 1. The van der Waals surface area contributed by atoms with Crippen molar-refractivity contribution in [3.8, 4) is 17.0 Å². The number of aromatic nitrogens is 2. The van der Waals surface area contributed by atoms with Crippen molar-refractivity contribution < 1.29 is 9.53 Å². The zero-order valence-electron chi connectivity index (χ0n) is 13.6. The molecule has 124 valence electrons. The van der Waals surface area contributed by atoms with Crippen LogP contribution >= 0.6 is 0 Å². The summed E-state index contributed by atoms with van der Waals surface area (Å²) in [6, 6.07) is 19.1. The fourth-order valence-electron chi connectivity index (χ4n) is 2.76. The number of fused-ring (bicyclic) bond motifs is 1. The minimum absolute atomic E-state index is 0.266. The maximum absolute atomic E-state index is 12.3. The van der Waals surface area contributed by atoms with E-state index < -0.39 is 0 Å². The number of nitrogens with one attached hydrogen (secondary N) is 1. The molecule has 0 radical (unpaired) electrons. The Labute approximate surface area is 144 Å². The van der Waals surface area contributed by atoms with Gasteiger partial charge in [-0.15, -0.1) is 0 Å². The van der Waals surface area contributed by atoms with Crippen LogP contribution in [0.4, 0.5) is 0 Å². The number of carbonyl (C=O) groups is 1. The van der Waals surface area contributed by atoms with Gasteiger partial charge in [-0.2, -0.15) is 10.2 Å². The van der Waals surface area contributed by atoms with Crippen LogP contribution in [0.15, 0.2) is 65.8 Å². The molecule has 1 aliphatic rings. The fraction of sp³-hybridized carbons (Fsp3) is 0.105. The number of nitrogens with zero attached hydrogens (tertiary/aromatic N) is 3. The van der Waals surface area contributed by atoms with Crippen LogP contribution < -0.4 is 10.2 Å². The Bertz CT molecular complexity index is 943. The molecular weight excluding hydrogens is 316 g/mol. The lowest BCUT2D eigenvalue weighted by Gasteiger charge is -2.05. The van der Waals surface area contributed by atoms with Gasteiger partial charge in [0, 0.05) is 5.56 Å². The highest BCUT2D eigenvalue weighted by atomic mass is 16.5. The molecule has 1 aliphatic heterocycles. The molecule has 1 N–H and O–H groups in total. The van der Waals surface area contributed by atoms with E-state index in [0.29, 0.717) is 12.2 Å². The molecule has 6 heteroatoms. The van der Waals surface area contributed by atoms with Gasteiger partial charge in [-0.05, 0) is 35.9 Å². The Morgan fingerprint density at radius 1 is 1.04 bits per heavy atom. The van der Waals surface area contributed by atoms with Crippen LogP contribution in [0.25, 0.3) is 11.3 Å². The highest BCUT2D eigenvalue weighted by Gasteiger charge is 2.21. The van der Waals surface area contributed by atoms with Crippen LogP contribution in [0.1, 0.15) is 16.1 Å². The first-order chi connectivity index (χ1) is 12.2. The average Bonchev–Trinajstić information content (AvgIpc) is 3.03. The third kappa shape index (κ3) is 2.89. The normalized spacial score (nSPS) is 13.5. The summed E-state index contributed by atoms with van der Waals surface area (Å²) in [5, 5.41) is 8.82. The lowest BCUT2D eigenvalue weighted by molar-refractivity contribution is 0.0947. The second kappa shape index (κ2) is 6.24.